The lowest BCUT2D eigenvalue weighted by atomic mass is 10.1. The summed E-state index contributed by atoms with van der Waals surface area (Å²) >= 11 is 0. The zero-order valence-electron chi connectivity index (χ0n) is 10.6. The molecule has 19 heavy (non-hydrogen) atoms. The summed E-state index contributed by atoms with van der Waals surface area (Å²) in [7, 11) is 1.40. The van der Waals surface area contributed by atoms with Crippen molar-refractivity contribution < 1.29 is 14.0 Å². The summed E-state index contributed by atoms with van der Waals surface area (Å²) in [5.41, 5.74) is 2.34. The number of carbonyl (C=O) groups is 2. The molecule has 0 bridgehead atoms. The van der Waals surface area contributed by atoms with E-state index in [0.29, 0.717) is 11.4 Å². The molecule has 0 saturated carbocycles. The van der Waals surface area contributed by atoms with Crippen molar-refractivity contribution in [3.8, 4) is 11.3 Å². The molecule has 0 unspecified atom stereocenters. The van der Waals surface area contributed by atoms with Crippen molar-refractivity contribution in [3.63, 3.8) is 0 Å². The minimum atomic E-state index is -0.700. The van der Waals surface area contributed by atoms with Gasteiger partial charge in [0.1, 0.15) is 0 Å². The Kier molecular flexibility index (Phi) is 3.61. The first-order chi connectivity index (χ1) is 9.11. The fourth-order valence-corrected chi connectivity index (χ4v) is 1.67. The predicted octanol–water partition coefficient (Wildman–Crippen LogP) is 1.33. The highest BCUT2D eigenvalue weighted by Crippen LogP contribution is 2.25. The lowest BCUT2D eigenvalue weighted by Gasteiger charge is -2.07. The Morgan fingerprint density at radius 3 is 2.63 bits per heavy atom. The molecule has 0 spiro atoms. The molecule has 0 radical (unpaired) electrons. The molecule has 2 amide bonds. The first-order valence-electron chi connectivity index (χ1n) is 5.64. The lowest BCUT2D eigenvalue weighted by molar-refractivity contribution is -0.135. The number of rotatable bonds is 2. The molecule has 0 atom stereocenters. The summed E-state index contributed by atoms with van der Waals surface area (Å²) < 4.78 is 5.21. The number of hydrogen-bond donors (Lipinski definition) is 2. The van der Waals surface area contributed by atoms with Crippen molar-refractivity contribution in [2.45, 2.75) is 6.92 Å². The van der Waals surface area contributed by atoms with Gasteiger partial charge in [-0.2, -0.15) is 0 Å². The highest BCUT2D eigenvalue weighted by molar-refractivity contribution is 6.39. The summed E-state index contributed by atoms with van der Waals surface area (Å²) in [4.78, 5) is 26.4. The Labute approximate surface area is 109 Å². The van der Waals surface area contributed by atoms with E-state index in [9.17, 15) is 9.59 Å². The molecule has 6 heteroatoms. The third kappa shape index (κ3) is 2.79. The number of carbonyl (C=O) groups excluding carboxylic acids is 2. The summed E-state index contributed by atoms with van der Waals surface area (Å²) in [5, 5.41) is 4.77. The fraction of sp³-hybridized carbons (Fsp3) is 0.154. The zero-order valence-corrected chi connectivity index (χ0v) is 10.6. The first kappa shape index (κ1) is 12.8. The highest BCUT2D eigenvalue weighted by atomic mass is 16.3. The van der Waals surface area contributed by atoms with Crippen LogP contribution in [-0.4, -0.2) is 23.8 Å². The number of amides is 2. The van der Waals surface area contributed by atoms with Gasteiger partial charge in [0.2, 0.25) is 0 Å². The number of hydrogen-bond acceptors (Lipinski definition) is 4. The Morgan fingerprint density at radius 2 is 2.05 bits per heavy atom. The van der Waals surface area contributed by atoms with Crippen LogP contribution in [0, 0.1) is 6.92 Å². The third-order valence-electron chi connectivity index (χ3n) is 2.62. The maximum absolute atomic E-state index is 11.4. The van der Waals surface area contributed by atoms with E-state index >= 15 is 0 Å². The molecule has 2 N–H and O–H groups in total. The molecule has 1 aromatic carbocycles. The second-order valence-corrected chi connectivity index (χ2v) is 3.93. The van der Waals surface area contributed by atoms with Crippen LogP contribution in [0.25, 0.3) is 11.3 Å². The van der Waals surface area contributed by atoms with Crippen LogP contribution in [0.2, 0.25) is 0 Å². The SMILES string of the molecule is CNC(=O)C(=O)Nc1ccc(-c2cnco2)c(C)c1. The minimum Gasteiger partial charge on any atom is -0.444 e. The number of nitrogens with one attached hydrogen (secondary N) is 2. The normalized spacial score (nSPS) is 10.0. The van der Waals surface area contributed by atoms with Gasteiger partial charge in [-0.25, -0.2) is 4.98 Å². The molecule has 2 aromatic rings. The van der Waals surface area contributed by atoms with Crippen molar-refractivity contribution in [1.82, 2.24) is 10.3 Å². The number of anilines is 1. The molecule has 98 valence electrons. The van der Waals surface area contributed by atoms with Crippen molar-refractivity contribution in [3.05, 3.63) is 36.4 Å². The Bertz CT molecular complexity index is 606. The van der Waals surface area contributed by atoms with Crippen LogP contribution in [0.5, 0.6) is 0 Å². The predicted molar refractivity (Wildman–Crippen MR) is 69.4 cm³/mol. The molecular formula is C13H13N3O3. The van der Waals surface area contributed by atoms with Gasteiger partial charge in [0, 0.05) is 18.3 Å². The Hall–Kier alpha value is -2.63. The Balaban J connectivity index is 2.20. The van der Waals surface area contributed by atoms with Crippen LogP contribution in [0.15, 0.2) is 35.2 Å². The number of nitrogens with zero attached hydrogens (tertiary/aromatic N) is 1. The van der Waals surface area contributed by atoms with Gasteiger partial charge in [0.25, 0.3) is 0 Å². The zero-order chi connectivity index (χ0) is 13.8. The number of oxazole rings is 1. The largest absolute Gasteiger partial charge is 0.444 e. The van der Waals surface area contributed by atoms with Gasteiger partial charge in [-0.1, -0.05) is 0 Å². The van der Waals surface area contributed by atoms with E-state index in [0.717, 1.165) is 11.1 Å². The van der Waals surface area contributed by atoms with Crippen LogP contribution < -0.4 is 10.6 Å². The molecule has 2 rings (SSSR count). The summed E-state index contributed by atoms with van der Waals surface area (Å²) in [6.07, 6.45) is 2.97. The van der Waals surface area contributed by atoms with Crippen LogP contribution in [0.1, 0.15) is 5.56 Å². The van der Waals surface area contributed by atoms with Crippen LogP contribution in [0.4, 0.5) is 5.69 Å². The van der Waals surface area contributed by atoms with Gasteiger partial charge in [-0.15, -0.1) is 0 Å². The van der Waals surface area contributed by atoms with E-state index in [1.54, 1.807) is 24.4 Å². The monoisotopic (exact) mass is 259 g/mol. The van der Waals surface area contributed by atoms with E-state index in [1.165, 1.54) is 13.4 Å². The summed E-state index contributed by atoms with van der Waals surface area (Å²) in [6, 6.07) is 5.26. The maximum Gasteiger partial charge on any atom is 0.313 e. The molecule has 0 fully saturated rings. The number of likely N-dealkylation sites (N-methyl/N-ethyl adjacent to an activating group) is 1. The van der Waals surface area contributed by atoms with Crippen molar-refractivity contribution in [2.24, 2.45) is 0 Å². The topological polar surface area (TPSA) is 84.2 Å². The number of aromatic nitrogens is 1. The number of aryl methyl sites for hydroxylation is 1. The van der Waals surface area contributed by atoms with E-state index in [2.05, 4.69) is 15.6 Å². The minimum absolute atomic E-state index is 0.550. The second kappa shape index (κ2) is 5.34. The van der Waals surface area contributed by atoms with Gasteiger partial charge >= 0.3 is 11.8 Å². The quantitative estimate of drug-likeness (QED) is 0.797. The standard InChI is InChI=1S/C13H13N3O3/c1-8-5-9(16-13(18)12(17)14-2)3-4-10(8)11-6-15-7-19-11/h3-7H,1-2H3,(H,14,17)(H,16,18). The second-order valence-electron chi connectivity index (χ2n) is 3.93. The molecule has 0 aliphatic heterocycles. The van der Waals surface area contributed by atoms with Crippen molar-refractivity contribution >= 4 is 17.5 Å². The Morgan fingerprint density at radius 1 is 1.26 bits per heavy atom. The van der Waals surface area contributed by atoms with Gasteiger partial charge in [-0.3, -0.25) is 9.59 Å². The van der Waals surface area contributed by atoms with Gasteiger partial charge in [-0.05, 0) is 30.7 Å². The first-order valence-corrected chi connectivity index (χ1v) is 5.64. The molecule has 0 aliphatic rings. The van der Waals surface area contributed by atoms with Gasteiger partial charge < -0.3 is 15.1 Å². The molecular weight excluding hydrogens is 246 g/mol. The van der Waals surface area contributed by atoms with Gasteiger partial charge in [0.05, 0.1) is 6.20 Å². The molecule has 0 saturated heterocycles. The van der Waals surface area contributed by atoms with E-state index in [-0.39, 0.29) is 0 Å². The number of benzene rings is 1. The molecule has 1 aromatic heterocycles. The lowest BCUT2D eigenvalue weighted by Crippen LogP contribution is -2.32. The van der Waals surface area contributed by atoms with Crippen molar-refractivity contribution in [2.75, 3.05) is 12.4 Å². The average Bonchev–Trinajstić information content (AvgIpc) is 2.91. The smallest absolute Gasteiger partial charge is 0.313 e. The average molecular weight is 259 g/mol. The molecule has 0 aliphatic carbocycles. The summed E-state index contributed by atoms with van der Waals surface area (Å²) in [6.45, 7) is 1.88. The summed E-state index contributed by atoms with van der Waals surface area (Å²) in [5.74, 6) is -0.729. The van der Waals surface area contributed by atoms with Crippen LogP contribution in [-0.2, 0) is 9.59 Å². The van der Waals surface area contributed by atoms with Crippen LogP contribution >= 0.6 is 0 Å². The van der Waals surface area contributed by atoms with E-state index < -0.39 is 11.8 Å². The van der Waals surface area contributed by atoms with Crippen LogP contribution in [0.3, 0.4) is 0 Å². The third-order valence-corrected chi connectivity index (χ3v) is 2.62. The van der Waals surface area contributed by atoms with Crippen molar-refractivity contribution in [1.29, 1.82) is 0 Å². The fourth-order valence-electron chi connectivity index (χ4n) is 1.67. The highest BCUT2D eigenvalue weighted by Gasteiger charge is 2.12. The maximum atomic E-state index is 11.4. The van der Waals surface area contributed by atoms with Gasteiger partial charge in [0.15, 0.2) is 12.2 Å². The van der Waals surface area contributed by atoms with E-state index in [1.807, 2.05) is 6.92 Å². The van der Waals surface area contributed by atoms with E-state index in [4.69, 9.17) is 4.42 Å². The molecule has 6 nitrogen and oxygen atoms in total. The molecule has 1 heterocycles.